The third-order valence-corrected chi connectivity index (χ3v) is 3.26. The highest BCUT2D eigenvalue weighted by molar-refractivity contribution is 5.95. The van der Waals surface area contributed by atoms with E-state index < -0.39 is 11.4 Å². The van der Waals surface area contributed by atoms with Crippen molar-refractivity contribution in [2.24, 2.45) is 5.41 Å². The third-order valence-electron chi connectivity index (χ3n) is 3.26. The molecule has 0 aromatic heterocycles. The highest BCUT2D eigenvalue weighted by Crippen LogP contribution is 2.49. The minimum atomic E-state index is -0.880. The summed E-state index contributed by atoms with van der Waals surface area (Å²) in [5, 5.41) is 11.7. The highest BCUT2D eigenvalue weighted by atomic mass is 16.5. The van der Waals surface area contributed by atoms with Gasteiger partial charge in [0.2, 0.25) is 5.91 Å². The fourth-order valence-corrected chi connectivity index (χ4v) is 1.93. The third kappa shape index (κ3) is 3.24. The van der Waals surface area contributed by atoms with E-state index in [1.807, 2.05) is 6.92 Å². The van der Waals surface area contributed by atoms with E-state index >= 15 is 0 Å². The normalized spacial score (nSPS) is 15.6. The zero-order valence-electron chi connectivity index (χ0n) is 10.8. The molecule has 102 valence electrons. The van der Waals surface area contributed by atoms with Crippen molar-refractivity contribution in [3.05, 3.63) is 24.3 Å². The number of hydrogen-bond donors (Lipinski definition) is 2. The zero-order valence-corrected chi connectivity index (χ0v) is 10.8. The molecule has 1 aromatic rings. The van der Waals surface area contributed by atoms with Crippen LogP contribution < -0.4 is 10.1 Å². The molecule has 1 saturated carbocycles. The second-order valence-electron chi connectivity index (χ2n) is 4.77. The molecule has 5 heteroatoms. The summed E-state index contributed by atoms with van der Waals surface area (Å²) in [4.78, 5) is 22.8. The molecule has 5 nitrogen and oxygen atoms in total. The standard InChI is InChI=1S/C14H17NO4/c1-2-19-11-5-3-10(4-6-11)15-12(16)9-14(7-8-14)13(17)18/h3-6H,2,7-9H2,1H3,(H,15,16)(H,17,18). The van der Waals surface area contributed by atoms with E-state index in [2.05, 4.69) is 5.32 Å². The number of nitrogens with one attached hydrogen (secondary N) is 1. The first-order valence-corrected chi connectivity index (χ1v) is 6.32. The van der Waals surface area contributed by atoms with Crippen LogP contribution in [0.15, 0.2) is 24.3 Å². The van der Waals surface area contributed by atoms with Gasteiger partial charge in [-0.2, -0.15) is 0 Å². The molecule has 1 aliphatic rings. The molecular weight excluding hydrogens is 246 g/mol. The van der Waals surface area contributed by atoms with E-state index in [0.717, 1.165) is 5.75 Å². The summed E-state index contributed by atoms with van der Waals surface area (Å²) in [7, 11) is 0. The van der Waals surface area contributed by atoms with Crippen LogP contribution in [0.1, 0.15) is 26.2 Å². The van der Waals surface area contributed by atoms with Crippen molar-refractivity contribution >= 4 is 17.6 Å². The van der Waals surface area contributed by atoms with Crippen LogP contribution in [0.3, 0.4) is 0 Å². The average molecular weight is 263 g/mol. The fourth-order valence-electron chi connectivity index (χ4n) is 1.93. The maximum atomic E-state index is 11.8. The second kappa shape index (κ2) is 5.30. The molecule has 0 heterocycles. The quantitative estimate of drug-likeness (QED) is 0.825. The Bertz CT molecular complexity index is 477. The summed E-state index contributed by atoms with van der Waals surface area (Å²) in [6.07, 6.45) is 1.20. The number of hydrogen-bond acceptors (Lipinski definition) is 3. The fraction of sp³-hybridized carbons (Fsp3) is 0.429. The lowest BCUT2D eigenvalue weighted by Crippen LogP contribution is -2.23. The van der Waals surface area contributed by atoms with Crippen LogP contribution in [0.5, 0.6) is 5.75 Å². The van der Waals surface area contributed by atoms with Crippen molar-refractivity contribution in [1.29, 1.82) is 0 Å². The number of rotatable bonds is 6. The average Bonchev–Trinajstić information content (AvgIpc) is 3.13. The van der Waals surface area contributed by atoms with Gasteiger partial charge in [0.1, 0.15) is 5.75 Å². The summed E-state index contributed by atoms with van der Waals surface area (Å²) < 4.78 is 5.30. The Morgan fingerprint density at radius 1 is 1.32 bits per heavy atom. The first-order valence-electron chi connectivity index (χ1n) is 6.32. The molecule has 2 rings (SSSR count). The maximum absolute atomic E-state index is 11.8. The van der Waals surface area contributed by atoms with Gasteiger partial charge < -0.3 is 15.2 Å². The molecule has 0 unspecified atom stereocenters. The van der Waals surface area contributed by atoms with E-state index in [9.17, 15) is 9.59 Å². The molecule has 19 heavy (non-hydrogen) atoms. The summed E-state index contributed by atoms with van der Waals surface area (Å²) in [5.41, 5.74) is -0.176. The van der Waals surface area contributed by atoms with E-state index in [1.54, 1.807) is 24.3 Å². The molecule has 0 bridgehead atoms. The van der Waals surface area contributed by atoms with E-state index in [-0.39, 0.29) is 12.3 Å². The van der Waals surface area contributed by atoms with Crippen LogP contribution >= 0.6 is 0 Å². The predicted octanol–water partition coefficient (Wildman–Crippen LogP) is 2.28. The van der Waals surface area contributed by atoms with Gasteiger partial charge in [-0.25, -0.2) is 0 Å². The number of aliphatic carboxylic acids is 1. The number of carboxylic acids is 1. The van der Waals surface area contributed by atoms with Crippen LogP contribution in [0, 0.1) is 5.41 Å². The summed E-state index contributed by atoms with van der Waals surface area (Å²) >= 11 is 0. The first-order chi connectivity index (χ1) is 9.05. The van der Waals surface area contributed by atoms with Crippen molar-refractivity contribution in [3.8, 4) is 5.75 Å². The largest absolute Gasteiger partial charge is 0.494 e. The van der Waals surface area contributed by atoms with Gasteiger partial charge in [-0.15, -0.1) is 0 Å². The summed E-state index contributed by atoms with van der Waals surface area (Å²) in [6, 6.07) is 7.01. The van der Waals surface area contributed by atoms with Gasteiger partial charge >= 0.3 is 5.97 Å². The SMILES string of the molecule is CCOc1ccc(NC(=O)CC2(C(=O)O)CC2)cc1. The van der Waals surface area contributed by atoms with Crippen LogP contribution in [0.2, 0.25) is 0 Å². The Labute approximate surface area is 111 Å². The smallest absolute Gasteiger partial charge is 0.310 e. The Balaban J connectivity index is 1.90. The van der Waals surface area contributed by atoms with Gasteiger partial charge in [-0.1, -0.05) is 0 Å². The molecule has 0 saturated heterocycles. The lowest BCUT2D eigenvalue weighted by atomic mass is 10.0. The van der Waals surface area contributed by atoms with E-state index in [1.165, 1.54) is 0 Å². The van der Waals surface area contributed by atoms with Crippen LogP contribution in [0.25, 0.3) is 0 Å². The number of anilines is 1. The maximum Gasteiger partial charge on any atom is 0.310 e. The molecule has 1 aromatic carbocycles. The van der Waals surface area contributed by atoms with Crippen molar-refractivity contribution in [3.63, 3.8) is 0 Å². The van der Waals surface area contributed by atoms with E-state index in [0.29, 0.717) is 25.1 Å². The first kappa shape index (κ1) is 13.4. The van der Waals surface area contributed by atoms with Gasteiger partial charge in [0.05, 0.1) is 12.0 Å². The van der Waals surface area contributed by atoms with Crippen molar-refractivity contribution in [2.45, 2.75) is 26.2 Å². The Kier molecular flexibility index (Phi) is 3.74. The molecule has 0 spiro atoms. The molecule has 1 fully saturated rings. The van der Waals surface area contributed by atoms with Gasteiger partial charge in [0.25, 0.3) is 0 Å². The van der Waals surface area contributed by atoms with Crippen LogP contribution in [0.4, 0.5) is 5.69 Å². The molecule has 1 aliphatic carbocycles. The van der Waals surface area contributed by atoms with Crippen molar-refractivity contribution < 1.29 is 19.4 Å². The Morgan fingerprint density at radius 2 is 1.95 bits per heavy atom. The summed E-state index contributed by atoms with van der Waals surface area (Å²) in [5.74, 6) is -0.400. The van der Waals surface area contributed by atoms with Gasteiger partial charge in [-0.3, -0.25) is 9.59 Å². The number of carboxylic acid groups (broad SMARTS) is 1. The lowest BCUT2D eigenvalue weighted by Gasteiger charge is -2.10. The second-order valence-corrected chi connectivity index (χ2v) is 4.77. The minimum absolute atomic E-state index is 0.0372. The van der Waals surface area contributed by atoms with Gasteiger partial charge in [0, 0.05) is 12.1 Å². The Hall–Kier alpha value is -2.04. The molecule has 2 N–H and O–H groups in total. The van der Waals surface area contributed by atoms with Gasteiger partial charge in [0.15, 0.2) is 0 Å². The van der Waals surface area contributed by atoms with Crippen LogP contribution in [-0.2, 0) is 9.59 Å². The molecule has 1 amide bonds. The van der Waals surface area contributed by atoms with Crippen LogP contribution in [-0.4, -0.2) is 23.6 Å². The topological polar surface area (TPSA) is 75.6 Å². The molecular formula is C14H17NO4. The Morgan fingerprint density at radius 3 is 2.42 bits per heavy atom. The van der Waals surface area contributed by atoms with Crippen molar-refractivity contribution in [1.82, 2.24) is 0 Å². The summed E-state index contributed by atoms with van der Waals surface area (Å²) in [6.45, 7) is 2.49. The monoisotopic (exact) mass is 263 g/mol. The number of carbonyl (C=O) groups excluding carboxylic acids is 1. The molecule has 0 aliphatic heterocycles. The van der Waals surface area contributed by atoms with Crippen molar-refractivity contribution in [2.75, 3.05) is 11.9 Å². The van der Waals surface area contributed by atoms with E-state index in [4.69, 9.17) is 9.84 Å². The minimum Gasteiger partial charge on any atom is -0.494 e. The number of ether oxygens (including phenoxy) is 1. The van der Waals surface area contributed by atoms with Gasteiger partial charge in [-0.05, 0) is 44.0 Å². The number of benzene rings is 1. The molecule has 0 radical (unpaired) electrons. The predicted molar refractivity (Wildman–Crippen MR) is 70.2 cm³/mol. The lowest BCUT2D eigenvalue weighted by molar-refractivity contribution is -0.145. The number of amides is 1. The highest BCUT2D eigenvalue weighted by Gasteiger charge is 2.51. The zero-order chi connectivity index (χ0) is 13.9. The molecule has 0 atom stereocenters. The number of carbonyl (C=O) groups is 2.